The molecule has 0 aliphatic rings. The first-order valence-corrected chi connectivity index (χ1v) is 5.54. The molecule has 2 heteroatoms. The fraction of sp³-hybridized carbons (Fsp3) is 0.143. The summed E-state index contributed by atoms with van der Waals surface area (Å²) in [4.78, 5) is 0. The third kappa shape index (κ3) is 2.41. The Kier molecular flexibility index (Phi) is 3.15. The first-order chi connectivity index (χ1) is 4.43. The van der Waals surface area contributed by atoms with Gasteiger partial charge in [0.25, 0.3) is 0 Å². The minimum absolute atomic E-state index is 1.04. The van der Waals surface area contributed by atoms with E-state index in [2.05, 4.69) is 39.1 Å². The van der Waals surface area contributed by atoms with Gasteiger partial charge in [0.15, 0.2) is 0 Å². The van der Waals surface area contributed by atoms with E-state index in [0.29, 0.717) is 0 Å². The molecule has 48 valence electrons. The third-order valence-electron chi connectivity index (χ3n) is 1.06. The van der Waals surface area contributed by atoms with Crippen molar-refractivity contribution in [2.45, 2.75) is 5.75 Å². The largest absolute Gasteiger partial charge is 0.0787 e. The molecular formula is C7H7BrS. The average molecular weight is 203 g/mol. The number of hydrogen-bond donors (Lipinski definition) is 0. The Morgan fingerprint density at radius 3 is 2.44 bits per heavy atom. The number of rotatable bonds is 2. The van der Waals surface area contributed by atoms with Crippen LogP contribution < -0.4 is 0 Å². The molecule has 0 saturated carbocycles. The predicted molar refractivity (Wildman–Crippen MR) is 46.7 cm³/mol. The zero-order valence-corrected chi connectivity index (χ0v) is 7.28. The van der Waals surface area contributed by atoms with Crippen molar-refractivity contribution in [3.63, 3.8) is 0 Å². The minimum atomic E-state index is 1.04. The summed E-state index contributed by atoms with van der Waals surface area (Å²) in [5.41, 5.74) is 1.36. The van der Waals surface area contributed by atoms with Crippen LogP contribution in [0, 0.1) is 0 Å². The van der Waals surface area contributed by atoms with E-state index in [1.165, 1.54) is 5.56 Å². The molecule has 0 unspecified atom stereocenters. The third-order valence-corrected chi connectivity index (χ3v) is 2.19. The molecule has 1 aromatic carbocycles. The molecule has 0 amide bonds. The number of halogens is 1. The molecule has 0 bridgehead atoms. The van der Waals surface area contributed by atoms with Crippen LogP contribution in [0.1, 0.15) is 5.56 Å². The van der Waals surface area contributed by atoms with Gasteiger partial charge in [-0.15, -0.1) is 0 Å². The quantitative estimate of drug-likeness (QED) is 0.710. The van der Waals surface area contributed by atoms with Crippen molar-refractivity contribution in [2.75, 3.05) is 0 Å². The van der Waals surface area contributed by atoms with Crippen LogP contribution >= 0.6 is 25.0 Å². The maximum Gasteiger partial charge on any atom is 0.0294 e. The number of hydrogen-bond acceptors (Lipinski definition) is 1. The summed E-state index contributed by atoms with van der Waals surface area (Å²) < 4.78 is 0. The molecule has 0 radical (unpaired) electrons. The highest BCUT2D eigenvalue weighted by atomic mass is 79.9. The predicted octanol–water partition coefficient (Wildman–Crippen LogP) is 3.23. The normalized spacial score (nSPS) is 9.44. The lowest BCUT2D eigenvalue weighted by Gasteiger charge is -1.92. The van der Waals surface area contributed by atoms with E-state index in [1.54, 1.807) is 10.2 Å². The molecule has 0 aliphatic heterocycles. The Labute approximate surface area is 66.9 Å². The molecule has 0 heterocycles. The standard InChI is InChI=1S/C7H7BrS/c8-9-6-7-4-2-1-3-5-7/h1-5H,6H2. The van der Waals surface area contributed by atoms with Crippen LogP contribution in [0.5, 0.6) is 0 Å². The minimum Gasteiger partial charge on any atom is -0.0787 e. The Balaban J connectivity index is 2.61. The van der Waals surface area contributed by atoms with E-state index in [9.17, 15) is 0 Å². The Morgan fingerprint density at radius 2 is 1.89 bits per heavy atom. The maximum atomic E-state index is 3.30. The summed E-state index contributed by atoms with van der Waals surface area (Å²) in [5.74, 6) is 1.04. The van der Waals surface area contributed by atoms with Crippen molar-refractivity contribution < 1.29 is 0 Å². The van der Waals surface area contributed by atoms with Gasteiger partial charge in [-0.05, 0) is 20.4 Å². The van der Waals surface area contributed by atoms with Gasteiger partial charge < -0.3 is 0 Å². The lowest BCUT2D eigenvalue weighted by molar-refractivity contribution is 1.43. The van der Waals surface area contributed by atoms with Crippen LogP contribution in [0.4, 0.5) is 0 Å². The molecule has 1 aromatic rings. The van der Waals surface area contributed by atoms with Gasteiger partial charge in [0.1, 0.15) is 0 Å². The first kappa shape index (κ1) is 7.16. The Hall–Kier alpha value is 0.0500. The van der Waals surface area contributed by atoms with Crippen molar-refractivity contribution in [1.29, 1.82) is 0 Å². The van der Waals surface area contributed by atoms with Gasteiger partial charge in [-0.25, -0.2) is 0 Å². The van der Waals surface area contributed by atoms with Gasteiger partial charge >= 0.3 is 0 Å². The molecule has 0 N–H and O–H groups in total. The van der Waals surface area contributed by atoms with Crippen molar-refractivity contribution in [3.8, 4) is 0 Å². The summed E-state index contributed by atoms with van der Waals surface area (Å²) in [6.07, 6.45) is 0. The van der Waals surface area contributed by atoms with Gasteiger partial charge in [-0.1, -0.05) is 40.5 Å². The second-order valence-corrected chi connectivity index (χ2v) is 3.62. The van der Waals surface area contributed by atoms with Gasteiger partial charge in [-0.2, -0.15) is 0 Å². The summed E-state index contributed by atoms with van der Waals surface area (Å²) in [6, 6.07) is 10.4. The van der Waals surface area contributed by atoms with E-state index in [-0.39, 0.29) is 0 Å². The lowest BCUT2D eigenvalue weighted by atomic mass is 10.2. The van der Waals surface area contributed by atoms with Gasteiger partial charge in [0.05, 0.1) is 0 Å². The summed E-state index contributed by atoms with van der Waals surface area (Å²) in [6.45, 7) is 0. The Bertz CT molecular complexity index is 162. The zero-order valence-electron chi connectivity index (χ0n) is 4.88. The SMILES string of the molecule is BrSCc1ccccc1. The molecule has 0 saturated heterocycles. The van der Waals surface area contributed by atoms with Crippen LogP contribution in [0.3, 0.4) is 0 Å². The van der Waals surface area contributed by atoms with Crippen molar-refractivity contribution in [2.24, 2.45) is 0 Å². The van der Waals surface area contributed by atoms with E-state index in [1.807, 2.05) is 6.07 Å². The molecular weight excluding hydrogens is 196 g/mol. The van der Waals surface area contributed by atoms with E-state index in [0.717, 1.165) is 5.75 Å². The second-order valence-electron chi connectivity index (χ2n) is 1.74. The van der Waals surface area contributed by atoms with E-state index >= 15 is 0 Å². The van der Waals surface area contributed by atoms with Gasteiger partial charge in [-0.3, -0.25) is 0 Å². The highest BCUT2D eigenvalue weighted by Gasteiger charge is 1.86. The van der Waals surface area contributed by atoms with E-state index in [4.69, 9.17) is 0 Å². The molecule has 0 spiro atoms. The average Bonchev–Trinajstić information content (AvgIpc) is 1.91. The fourth-order valence-corrected chi connectivity index (χ4v) is 1.75. The maximum absolute atomic E-state index is 3.30. The monoisotopic (exact) mass is 202 g/mol. The van der Waals surface area contributed by atoms with Crippen molar-refractivity contribution in [1.82, 2.24) is 0 Å². The van der Waals surface area contributed by atoms with E-state index < -0.39 is 0 Å². The fourth-order valence-electron chi connectivity index (χ4n) is 0.637. The molecule has 0 nitrogen and oxygen atoms in total. The van der Waals surface area contributed by atoms with Crippen molar-refractivity contribution in [3.05, 3.63) is 35.9 Å². The molecule has 0 aliphatic carbocycles. The van der Waals surface area contributed by atoms with Crippen LogP contribution in [0.25, 0.3) is 0 Å². The second kappa shape index (κ2) is 3.96. The summed E-state index contributed by atoms with van der Waals surface area (Å²) in [5, 5.41) is 0. The highest BCUT2D eigenvalue weighted by Crippen LogP contribution is 2.16. The molecule has 0 atom stereocenters. The van der Waals surface area contributed by atoms with Crippen LogP contribution in [0.2, 0.25) is 0 Å². The molecule has 0 aromatic heterocycles. The summed E-state index contributed by atoms with van der Waals surface area (Å²) >= 11 is 3.30. The topological polar surface area (TPSA) is 0 Å². The zero-order chi connectivity index (χ0) is 6.53. The van der Waals surface area contributed by atoms with Crippen LogP contribution in [-0.4, -0.2) is 0 Å². The lowest BCUT2D eigenvalue weighted by Crippen LogP contribution is -1.73. The number of benzene rings is 1. The smallest absolute Gasteiger partial charge is 0.0294 e. The molecule has 1 rings (SSSR count). The Morgan fingerprint density at radius 1 is 1.22 bits per heavy atom. The molecule has 0 fully saturated rings. The van der Waals surface area contributed by atoms with Gasteiger partial charge in [0, 0.05) is 5.75 Å². The van der Waals surface area contributed by atoms with Crippen molar-refractivity contribution >= 4 is 25.0 Å². The first-order valence-electron chi connectivity index (χ1n) is 2.71. The van der Waals surface area contributed by atoms with Gasteiger partial charge in [0.2, 0.25) is 0 Å². The molecule has 9 heavy (non-hydrogen) atoms. The van der Waals surface area contributed by atoms with Crippen LogP contribution in [0.15, 0.2) is 30.3 Å². The van der Waals surface area contributed by atoms with Crippen LogP contribution in [-0.2, 0) is 5.75 Å². The summed E-state index contributed by atoms with van der Waals surface area (Å²) in [7, 11) is 1.67. The highest BCUT2D eigenvalue weighted by molar-refractivity contribution is 9.50.